The maximum absolute atomic E-state index is 12.3. The van der Waals surface area contributed by atoms with Crippen molar-refractivity contribution in [1.82, 2.24) is 4.90 Å². The molecule has 0 radical (unpaired) electrons. The normalized spacial score (nSPS) is 17.5. The van der Waals surface area contributed by atoms with Crippen molar-refractivity contribution in [3.05, 3.63) is 29.3 Å². The lowest BCUT2D eigenvalue weighted by molar-refractivity contribution is -0.137. The molecular formula is C16H18N2O5S. The molecule has 2 aliphatic heterocycles. The Balaban J connectivity index is 1.81. The van der Waals surface area contributed by atoms with Crippen molar-refractivity contribution in [2.45, 2.75) is 26.2 Å². The SMILES string of the molecule is CCS(=O)(=O)N1CCc2cc(C(=O)CN3C(=O)CCC3=O)ccc21. The quantitative estimate of drug-likeness (QED) is 0.577. The number of carbonyl (C=O) groups is 3. The highest BCUT2D eigenvalue weighted by atomic mass is 32.2. The van der Waals surface area contributed by atoms with E-state index >= 15 is 0 Å². The van der Waals surface area contributed by atoms with Gasteiger partial charge in [0.25, 0.3) is 0 Å². The molecule has 1 saturated heterocycles. The Morgan fingerprint density at radius 3 is 2.42 bits per heavy atom. The Hall–Kier alpha value is -2.22. The number of imide groups is 1. The highest BCUT2D eigenvalue weighted by Gasteiger charge is 2.32. The van der Waals surface area contributed by atoms with Gasteiger partial charge in [-0.15, -0.1) is 0 Å². The summed E-state index contributed by atoms with van der Waals surface area (Å²) in [5.41, 5.74) is 1.77. The number of rotatable bonds is 5. The van der Waals surface area contributed by atoms with Crippen LogP contribution in [0.3, 0.4) is 0 Å². The van der Waals surface area contributed by atoms with E-state index in [1.54, 1.807) is 25.1 Å². The van der Waals surface area contributed by atoms with Gasteiger partial charge in [-0.2, -0.15) is 0 Å². The zero-order valence-electron chi connectivity index (χ0n) is 13.3. The third kappa shape index (κ3) is 2.82. The average Bonchev–Trinajstić information content (AvgIpc) is 3.12. The fourth-order valence-corrected chi connectivity index (χ4v) is 4.18. The Kier molecular flexibility index (Phi) is 4.16. The smallest absolute Gasteiger partial charge is 0.234 e. The van der Waals surface area contributed by atoms with Gasteiger partial charge < -0.3 is 0 Å². The molecule has 0 bridgehead atoms. The molecule has 0 spiro atoms. The van der Waals surface area contributed by atoms with E-state index in [2.05, 4.69) is 0 Å². The zero-order chi connectivity index (χ0) is 17.5. The van der Waals surface area contributed by atoms with Gasteiger partial charge in [0.15, 0.2) is 5.78 Å². The molecule has 1 aromatic rings. The number of likely N-dealkylation sites (tertiary alicyclic amines) is 1. The monoisotopic (exact) mass is 350 g/mol. The summed E-state index contributed by atoms with van der Waals surface area (Å²) < 4.78 is 25.5. The Labute approximate surface area is 140 Å². The number of carbonyl (C=O) groups excluding carboxylic acids is 3. The number of hydrogen-bond donors (Lipinski definition) is 0. The summed E-state index contributed by atoms with van der Waals surface area (Å²) >= 11 is 0. The summed E-state index contributed by atoms with van der Waals surface area (Å²) in [5, 5.41) is 0. The number of nitrogens with zero attached hydrogens (tertiary/aromatic N) is 2. The molecule has 24 heavy (non-hydrogen) atoms. The van der Waals surface area contributed by atoms with E-state index in [1.807, 2.05) is 0 Å². The van der Waals surface area contributed by atoms with E-state index in [0.29, 0.717) is 24.2 Å². The van der Waals surface area contributed by atoms with Gasteiger partial charge >= 0.3 is 0 Å². The van der Waals surface area contributed by atoms with Crippen LogP contribution >= 0.6 is 0 Å². The summed E-state index contributed by atoms with van der Waals surface area (Å²) in [6.45, 7) is 1.70. The van der Waals surface area contributed by atoms with Crippen LogP contribution in [-0.4, -0.2) is 49.8 Å². The van der Waals surface area contributed by atoms with Crippen LogP contribution in [0.2, 0.25) is 0 Å². The first kappa shape index (κ1) is 16.6. The molecule has 2 amide bonds. The molecule has 2 heterocycles. The van der Waals surface area contributed by atoms with Crippen molar-refractivity contribution in [3.8, 4) is 0 Å². The second-order valence-electron chi connectivity index (χ2n) is 5.86. The molecule has 0 N–H and O–H groups in total. The lowest BCUT2D eigenvalue weighted by atomic mass is 10.0. The van der Waals surface area contributed by atoms with Crippen LogP contribution in [0.4, 0.5) is 5.69 Å². The molecule has 128 valence electrons. The maximum atomic E-state index is 12.3. The van der Waals surface area contributed by atoms with E-state index < -0.39 is 10.0 Å². The van der Waals surface area contributed by atoms with Crippen molar-refractivity contribution in [2.24, 2.45) is 0 Å². The van der Waals surface area contributed by atoms with Gasteiger partial charge in [0.1, 0.15) is 0 Å². The number of Topliss-reactive ketones (excluding diaryl/α,β-unsaturated/α-hetero) is 1. The van der Waals surface area contributed by atoms with Crippen LogP contribution in [0, 0.1) is 0 Å². The van der Waals surface area contributed by atoms with E-state index in [4.69, 9.17) is 0 Å². The van der Waals surface area contributed by atoms with E-state index in [-0.39, 0.29) is 42.7 Å². The molecule has 1 aromatic carbocycles. The Morgan fingerprint density at radius 2 is 1.79 bits per heavy atom. The first-order valence-electron chi connectivity index (χ1n) is 7.83. The van der Waals surface area contributed by atoms with Crippen LogP contribution in [0.15, 0.2) is 18.2 Å². The minimum absolute atomic E-state index is 0.0201. The molecule has 2 aliphatic rings. The first-order chi connectivity index (χ1) is 11.3. The van der Waals surface area contributed by atoms with Crippen LogP contribution in [0.1, 0.15) is 35.7 Å². The van der Waals surface area contributed by atoms with Gasteiger partial charge in [-0.25, -0.2) is 8.42 Å². The second-order valence-corrected chi connectivity index (χ2v) is 8.04. The highest BCUT2D eigenvalue weighted by molar-refractivity contribution is 7.92. The molecule has 0 aliphatic carbocycles. The maximum Gasteiger partial charge on any atom is 0.234 e. The van der Waals surface area contributed by atoms with Crippen molar-refractivity contribution in [3.63, 3.8) is 0 Å². The van der Waals surface area contributed by atoms with Crippen LogP contribution in [0.5, 0.6) is 0 Å². The number of hydrogen-bond acceptors (Lipinski definition) is 5. The minimum atomic E-state index is -3.33. The number of sulfonamides is 1. The summed E-state index contributed by atoms with van der Waals surface area (Å²) in [7, 11) is -3.33. The molecule has 3 rings (SSSR count). The third-order valence-electron chi connectivity index (χ3n) is 4.41. The standard InChI is InChI=1S/C16H18N2O5S/c1-2-24(22,23)18-8-7-11-9-12(3-4-13(11)18)14(19)10-17-15(20)5-6-16(17)21/h3-4,9H,2,5-8,10H2,1H3. The summed E-state index contributed by atoms with van der Waals surface area (Å²) in [5.74, 6) is -0.950. The minimum Gasteiger partial charge on any atom is -0.292 e. The van der Waals surface area contributed by atoms with Gasteiger partial charge in [-0.1, -0.05) is 0 Å². The highest BCUT2D eigenvalue weighted by Crippen LogP contribution is 2.31. The number of anilines is 1. The van der Waals surface area contributed by atoms with Crippen LogP contribution in [-0.2, 0) is 26.0 Å². The molecule has 0 atom stereocenters. The van der Waals surface area contributed by atoms with Gasteiger partial charge in [0.05, 0.1) is 18.0 Å². The summed E-state index contributed by atoms with van der Waals surface area (Å²) in [4.78, 5) is 36.5. The molecule has 0 aromatic heterocycles. The van der Waals surface area contributed by atoms with Crippen molar-refractivity contribution in [1.29, 1.82) is 0 Å². The van der Waals surface area contributed by atoms with Gasteiger partial charge in [0.2, 0.25) is 21.8 Å². The molecule has 1 fully saturated rings. The number of benzene rings is 1. The molecule has 0 unspecified atom stereocenters. The van der Waals surface area contributed by atoms with Gasteiger partial charge in [0, 0.05) is 24.9 Å². The largest absolute Gasteiger partial charge is 0.292 e. The van der Waals surface area contributed by atoms with E-state index in [9.17, 15) is 22.8 Å². The van der Waals surface area contributed by atoms with Gasteiger partial charge in [-0.3, -0.25) is 23.6 Å². The summed E-state index contributed by atoms with van der Waals surface area (Å²) in [6, 6.07) is 4.83. The Bertz CT molecular complexity index is 815. The van der Waals surface area contributed by atoms with E-state index in [1.165, 1.54) is 4.31 Å². The van der Waals surface area contributed by atoms with Gasteiger partial charge in [-0.05, 0) is 37.1 Å². The van der Waals surface area contributed by atoms with Crippen LogP contribution in [0.25, 0.3) is 0 Å². The second kappa shape index (κ2) is 6.01. The number of fused-ring (bicyclic) bond motifs is 1. The lowest BCUT2D eigenvalue weighted by Crippen LogP contribution is -2.34. The molecule has 0 saturated carbocycles. The third-order valence-corrected chi connectivity index (χ3v) is 6.19. The Morgan fingerprint density at radius 1 is 1.12 bits per heavy atom. The molecule has 7 nitrogen and oxygen atoms in total. The fraction of sp³-hybridized carbons (Fsp3) is 0.438. The van der Waals surface area contributed by atoms with Crippen molar-refractivity contribution >= 4 is 33.3 Å². The fourth-order valence-electron chi connectivity index (χ4n) is 3.02. The molecule has 8 heteroatoms. The predicted octanol–water partition coefficient (Wildman–Crippen LogP) is 0.730. The average molecular weight is 350 g/mol. The van der Waals surface area contributed by atoms with Crippen molar-refractivity contribution in [2.75, 3.05) is 23.1 Å². The zero-order valence-corrected chi connectivity index (χ0v) is 14.1. The van der Waals surface area contributed by atoms with Crippen LogP contribution < -0.4 is 4.31 Å². The molecular weight excluding hydrogens is 332 g/mol. The number of ketones is 1. The van der Waals surface area contributed by atoms with E-state index in [0.717, 1.165) is 10.5 Å². The topological polar surface area (TPSA) is 91.8 Å². The summed E-state index contributed by atoms with van der Waals surface area (Å²) in [6.07, 6.45) is 0.845. The predicted molar refractivity (Wildman–Crippen MR) is 87.2 cm³/mol. The van der Waals surface area contributed by atoms with Crippen molar-refractivity contribution < 1.29 is 22.8 Å². The lowest BCUT2D eigenvalue weighted by Gasteiger charge is -2.18. The first-order valence-corrected chi connectivity index (χ1v) is 9.44. The number of amides is 2.